The van der Waals surface area contributed by atoms with E-state index in [1.807, 2.05) is 42.5 Å². The smallest absolute Gasteiger partial charge is 0.275 e. The van der Waals surface area contributed by atoms with Gasteiger partial charge in [-0.25, -0.2) is 5.43 Å². The summed E-state index contributed by atoms with van der Waals surface area (Å²) < 4.78 is 17.4. The standard InChI is InChI=1S/C29H24Cl2N2O4/c1-35-27-13-7-10-21(28(27)37-18-20-8-3-2-4-9-20)17-32-33-29(34)24-11-5-6-12-26(24)36-19-22-14-15-23(30)16-25(22)31/h2-17H,18-19H2,1H3,(H,33,34)/b32-17+. The number of nitrogens with zero attached hydrogens (tertiary/aromatic N) is 1. The number of rotatable bonds is 10. The number of hydrogen-bond donors (Lipinski definition) is 1. The lowest BCUT2D eigenvalue weighted by atomic mass is 10.2. The first kappa shape index (κ1) is 26.1. The highest BCUT2D eigenvalue weighted by Crippen LogP contribution is 2.31. The minimum atomic E-state index is -0.427. The van der Waals surface area contributed by atoms with Crippen LogP contribution < -0.4 is 19.6 Å². The Hall–Kier alpha value is -4.00. The molecule has 0 spiro atoms. The van der Waals surface area contributed by atoms with Gasteiger partial charge >= 0.3 is 0 Å². The largest absolute Gasteiger partial charge is 0.493 e. The van der Waals surface area contributed by atoms with E-state index < -0.39 is 5.91 Å². The van der Waals surface area contributed by atoms with E-state index in [9.17, 15) is 4.79 Å². The molecule has 0 fully saturated rings. The van der Waals surface area contributed by atoms with Gasteiger partial charge in [-0.1, -0.05) is 77.8 Å². The van der Waals surface area contributed by atoms with Crippen LogP contribution in [0.5, 0.6) is 17.2 Å². The minimum Gasteiger partial charge on any atom is -0.493 e. The Morgan fingerprint density at radius 2 is 1.62 bits per heavy atom. The van der Waals surface area contributed by atoms with Gasteiger partial charge in [0.1, 0.15) is 19.0 Å². The van der Waals surface area contributed by atoms with E-state index in [0.717, 1.165) is 11.1 Å². The lowest BCUT2D eigenvalue weighted by Gasteiger charge is -2.13. The number of benzene rings is 4. The first-order valence-corrected chi connectivity index (χ1v) is 12.1. The average Bonchev–Trinajstić information content (AvgIpc) is 2.92. The molecule has 0 atom stereocenters. The molecule has 4 rings (SSSR count). The molecule has 4 aromatic carbocycles. The zero-order chi connectivity index (χ0) is 26.0. The van der Waals surface area contributed by atoms with Crippen LogP contribution in [0.4, 0.5) is 0 Å². The molecule has 0 heterocycles. The highest BCUT2D eigenvalue weighted by atomic mass is 35.5. The van der Waals surface area contributed by atoms with Crippen molar-refractivity contribution in [2.75, 3.05) is 7.11 Å². The molecule has 1 N–H and O–H groups in total. The summed E-state index contributed by atoms with van der Waals surface area (Å²) in [5.41, 5.74) is 5.30. The zero-order valence-electron chi connectivity index (χ0n) is 20.0. The molecule has 37 heavy (non-hydrogen) atoms. The molecule has 0 aliphatic heterocycles. The van der Waals surface area contributed by atoms with Crippen LogP contribution in [0.15, 0.2) is 96.1 Å². The quantitative estimate of drug-likeness (QED) is 0.177. The second-order valence-corrected chi connectivity index (χ2v) is 8.72. The fraction of sp³-hybridized carbons (Fsp3) is 0.103. The summed E-state index contributed by atoms with van der Waals surface area (Å²) in [4.78, 5) is 12.9. The number of hydrazone groups is 1. The Labute approximate surface area is 225 Å². The molecule has 0 bridgehead atoms. The molecule has 0 aliphatic carbocycles. The van der Waals surface area contributed by atoms with Crippen LogP contribution in [-0.2, 0) is 13.2 Å². The lowest BCUT2D eigenvalue weighted by molar-refractivity contribution is 0.0950. The molecule has 0 aliphatic rings. The van der Waals surface area contributed by atoms with Gasteiger partial charge in [0.15, 0.2) is 11.5 Å². The summed E-state index contributed by atoms with van der Waals surface area (Å²) in [7, 11) is 1.57. The first-order valence-electron chi connectivity index (χ1n) is 11.4. The molecule has 4 aromatic rings. The summed E-state index contributed by atoms with van der Waals surface area (Å²) in [5, 5.41) is 5.17. The van der Waals surface area contributed by atoms with Crippen molar-refractivity contribution in [3.05, 3.63) is 123 Å². The molecule has 0 radical (unpaired) electrons. The highest BCUT2D eigenvalue weighted by Gasteiger charge is 2.13. The molecule has 0 aromatic heterocycles. The fourth-order valence-electron chi connectivity index (χ4n) is 3.47. The number of hydrogen-bond acceptors (Lipinski definition) is 5. The maximum absolute atomic E-state index is 12.9. The first-order chi connectivity index (χ1) is 18.0. The zero-order valence-corrected chi connectivity index (χ0v) is 21.5. The van der Waals surface area contributed by atoms with E-state index in [-0.39, 0.29) is 6.61 Å². The molecule has 188 valence electrons. The molecule has 0 unspecified atom stereocenters. The number of amides is 1. The van der Waals surface area contributed by atoms with Crippen LogP contribution >= 0.6 is 23.2 Å². The number of carbonyl (C=O) groups is 1. The van der Waals surface area contributed by atoms with Crippen molar-refractivity contribution in [3.63, 3.8) is 0 Å². The second-order valence-electron chi connectivity index (χ2n) is 7.87. The van der Waals surface area contributed by atoms with E-state index in [2.05, 4.69) is 10.5 Å². The van der Waals surface area contributed by atoms with Crippen LogP contribution in [0.3, 0.4) is 0 Å². The van der Waals surface area contributed by atoms with Crippen LogP contribution in [0.2, 0.25) is 10.0 Å². The van der Waals surface area contributed by atoms with E-state index in [1.165, 1.54) is 6.21 Å². The summed E-state index contributed by atoms with van der Waals surface area (Å²) in [6, 6.07) is 27.3. The van der Waals surface area contributed by atoms with Gasteiger partial charge in [0.05, 0.1) is 18.9 Å². The van der Waals surface area contributed by atoms with Gasteiger partial charge in [0.2, 0.25) is 0 Å². The lowest BCUT2D eigenvalue weighted by Crippen LogP contribution is -2.18. The molecule has 1 amide bonds. The maximum Gasteiger partial charge on any atom is 0.275 e. The summed E-state index contributed by atoms with van der Waals surface area (Å²) >= 11 is 12.2. The van der Waals surface area contributed by atoms with Crippen molar-refractivity contribution in [2.24, 2.45) is 5.10 Å². The Morgan fingerprint density at radius 3 is 2.41 bits per heavy atom. The van der Waals surface area contributed by atoms with Crippen molar-refractivity contribution in [2.45, 2.75) is 13.2 Å². The van der Waals surface area contributed by atoms with Crippen molar-refractivity contribution >= 4 is 35.3 Å². The van der Waals surface area contributed by atoms with Crippen molar-refractivity contribution in [3.8, 4) is 17.2 Å². The van der Waals surface area contributed by atoms with Gasteiger partial charge in [-0.05, 0) is 42.0 Å². The highest BCUT2D eigenvalue weighted by molar-refractivity contribution is 6.35. The third kappa shape index (κ3) is 7.03. The summed E-state index contributed by atoms with van der Waals surface area (Å²) in [5.74, 6) is 1.06. The third-order valence-corrected chi connectivity index (χ3v) is 5.94. The number of carbonyl (C=O) groups excluding carboxylic acids is 1. The SMILES string of the molecule is COc1cccc(/C=N/NC(=O)c2ccccc2OCc2ccc(Cl)cc2Cl)c1OCc1ccccc1. The predicted molar refractivity (Wildman–Crippen MR) is 146 cm³/mol. The average molecular weight is 535 g/mol. The van der Waals surface area contributed by atoms with Crippen molar-refractivity contribution in [1.82, 2.24) is 5.43 Å². The normalized spacial score (nSPS) is 10.8. The number of methoxy groups -OCH3 is 1. The Bertz CT molecular complexity index is 1390. The summed E-state index contributed by atoms with van der Waals surface area (Å²) in [6.07, 6.45) is 1.51. The number of ether oxygens (including phenoxy) is 3. The minimum absolute atomic E-state index is 0.176. The van der Waals surface area contributed by atoms with E-state index in [1.54, 1.807) is 55.6 Å². The number of halogens is 2. The van der Waals surface area contributed by atoms with Gasteiger partial charge < -0.3 is 14.2 Å². The molecular formula is C29H24Cl2N2O4. The number of nitrogens with one attached hydrogen (secondary N) is 1. The van der Waals surface area contributed by atoms with Crippen molar-refractivity contribution in [1.29, 1.82) is 0 Å². The topological polar surface area (TPSA) is 69.2 Å². The fourth-order valence-corrected chi connectivity index (χ4v) is 3.94. The van der Waals surface area contributed by atoms with Gasteiger partial charge in [0.25, 0.3) is 5.91 Å². The van der Waals surface area contributed by atoms with Crippen molar-refractivity contribution < 1.29 is 19.0 Å². The second kappa shape index (κ2) is 12.8. The van der Waals surface area contributed by atoms with Crippen LogP contribution in [0.1, 0.15) is 27.0 Å². The van der Waals surface area contributed by atoms with Gasteiger partial charge in [-0.3, -0.25) is 4.79 Å². The maximum atomic E-state index is 12.9. The molecule has 0 saturated carbocycles. The number of para-hydroxylation sites is 2. The molecule has 0 saturated heterocycles. The third-order valence-electron chi connectivity index (χ3n) is 5.35. The Kier molecular flexibility index (Phi) is 9.03. The van der Waals surface area contributed by atoms with Crippen LogP contribution in [0.25, 0.3) is 0 Å². The Morgan fingerprint density at radius 1 is 0.865 bits per heavy atom. The Balaban J connectivity index is 1.45. The van der Waals surface area contributed by atoms with E-state index in [4.69, 9.17) is 37.4 Å². The molecular weight excluding hydrogens is 511 g/mol. The molecule has 8 heteroatoms. The van der Waals surface area contributed by atoms with Crippen LogP contribution in [-0.4, -0.2) is 19.2 Å². The van der Waals surface area contributed by atoms with Crippen LogP contribution in [0, 0.1) is 0 Å². The van der Waals surface area contributed by atoms with E-state index >= 15 is 0 Å². The monoisotopic (exact) mass is 534 g/mol. The van der Waals surface area contributed by atoms with Gasteiger partial charge in [-0.2, -0.15) is 5.10 Å². The predicted octanol–water partition coefficient (Wildman–Crippen LogP) is 6.92. The van der Waals surface area contributed by atoms with E-state index in [0.29, 0.717) is 45.0 Å². The molecule has 6 nitrogen and oxygen atoms in total. The summed E-state index contributed by atoms with van der Waals surface area (Å²) in [6.45, 7) is 0.534. The van der Waals surface area contributed by atoms with Gasteiger partial charge in [0, 0.05) is 21.2 Å². The van der Waals surface area contributed by atoms with Gasteiger partial charge in [-0.15, -0.1) is 0 Å².